The zero-order valence-corrected chi connectivity index (χ0v) is 10.9. The van der Waals surface area contributed by atoms with E-state index < -0.39 is 0 Å². The van der Waals surface area contributed by atoms with Crippen molar-refractivity contribution in [3.8, 4) is 6.07 Å². The molecule has 2 atom stereocenters. The topological polar surface area (TPSA) is 41.6 Å². The normalized spacial score (nSPS) is 28.2. The minimum absolute atomic E-state index is 0.188. The van der Waals surface area contributed by atoms with Gasteiger partial charge < -0.3 is 4.57 Å². The van der Waals surface area contributed by atoms with Crippen molar-refractivity contribution in [2.75, 3.05) is 0 Å². The van der Waals surface area contributed by atoms with Crippen molar-refractivity contribution in [3.05, 3.63) is 17.7 Å². The van der Waals surface area contributed by atoms with Gasteiger partial charge in [0.1, 0.15) is 0 Å². The van der Waals surface area contributed by atoms with Crippen LogP contribution in [0.4, 0.5) is 0 Å². The van der Waals surface area contributed by atoms with Crippen LogP contribution in [-0.4, -0.2) is 9.55 Å². The van der Waals surface area contributed by atoms with Gasteiger partial charge in [0.2, 0.25) is 0 Å². The Balaban J connectivity index is 1.92. The molecule has 1 fully saturated rings. The van der Waals surface area contributed by atoms with Crippen LogP contribution in [0, 0.1) is 17.2 Å². The minimum Gasteiger partial charge on any atom is -0.330 e. The van der Waals surface area contributed by atoms with E-state index in [1.807, 2.05) is 6.33 Å². The Bertz CT molecular complexity index is 455. The van der Waals surface area contributed by atoms with Gasteiger partial charge in [0, 0.05) is 5.69 Å². The molecule has 0 bridgehead atoms. The van der Waals surface area contributed by atoms with Gasteiger partial charge in [-0.05, 0) is 38.5 Å². The molecule has 0 amide bonds. The molecule has 0 aliphatic heterocycles. The SMILES string of the molecule is N#CC1CCCCCC1n1cnc2c1CCCC2. The maximum absolute atomic E-state index is 9.41. The third kappa shape index (κ3) is 2.05. The largest absolute Gasteiger partial charge is 0.330 e. The summed E-state index contributed by atoms with van der Waals surface area (Å²) < 4.78 is 2.35. The van der Waals surface area contributed by atoms with Gasteiger partial charge in [0.05, 0.1) is 30.1 Å². The molecular formula is C15H21N3. The molecule has 1 heterocycles. The standard InChI is InChI=1S/C15H21N3/c16-10-12-6-2-1-3-8-14(12)18-11-17-13-7-4-5-9-15(13)18/h11-12,14H,1-9H2. The number of aromatic nitrogens is 2. The first-order valence-corrected chi connectivity index (χ1v) is 7.34. The monoisotopic (exact) mass is 243 g/mol. The number of nitriles is 1. The third-order valence-electron chi connectivity index (χ3n) is 4.56. The van der Waals surface area contributed by atoms with Gasteiger partial charge in [-0.1, -0.05) is 19.3 Å². The second-order valence-corrected chi connectivity index (χ2v) is 5.69. The van der Waals surface area contributed by atoms with Crippen LogP contribution in [0.2, 0.25) is 0 Å². The first-order chi connectivity index (χ1) is 8.90. The van der Waals surface area contributed by atoms with Crippen LogP contribution in [0.3, 0.4) is 0 Å². The summed E-state index contributed by atoms with van der Waals surface area (Å²) in [6.07, 6.45) is 12.8. The summed E-state index contributed by atoms with van der Waals surface area (Å²) >= 11 is 0. The van der Waals surface area contributed by atoms with E-state index >= 15 is 0 Å². The van der Waals surface area contributed by atoms with E-state index in [-0.39, 0.29) is 5.92 Å². The average molecular weight is 243 g/mol. The highest BCUT2D eigenvalue weighted by Crippen LogP contribution is 2.35. The molecule has 1 aromatic rings. The van der Waals surface area contributed by atoms with Crippen molar-refractivity contribution in [2.24, 2.45) is 5.92 Å². The summed E-state index contributed by atoms with van der Waals surface area (Å²) in [5, 5.41) is 9.41. The smallest absolute Gasteiger partial charge is 0.0954 e. The van der Waals surface area contributed by atoms with Crippen LogP contribution in [0.25, 0.3) is 0 Å². The maximum atomic E-state index is 9.41. The molecular weight excluding hydrogens is 222 g/mol. The van der Waals surface area contributed by atoms with Crippen molar-refractivity contribution in [3.63, 3.8) is 0 Å². The highest BCUT2D eigenvalue weighted by atomic mass is 15.1. The first kappa shape index (κ1) is 11.8. The number of hydrogen-bond donors (Lipinski definition) is 0. The molecule has 0 aromatic carbocycles. The Morgan fingerprint density at radius 1 is 1.11 bits per heavy atom. The molecule has 96 valence electrons. The second kappa shape index (κ2) is 5.14. The molecule has 0 saturated heterocycles. The molecule has 0 N–H and O–H groups in total. The second-order valence-electron chi connectivity index (χ2n) is 5.69. The van der Waals surface area contributed by atoms with E-state index in [1.165, 1.54) is 43.5 Å². The van der Waals surface area contributed by atoms with Gasteiger partial charge in [-0.15, -0.1) is 0 Å². The van der Waals surface area contributed by atoms with Gasteiger partial charge in [0.25, 0.3) is 0 Å². The van der Waals surface area contributed by atoms with E-state index in [1.54, 1.807) is 0 Å². The lowest BCUT2D eigenvalue weighted by atomic mass is 9.94. The predicted octanol–water partition coefficient (Wildman–Crippen LogP) is 3.41. The molecule has 3 nitrogen and oxygen atoms in total. The molecule has 2 aliphatic carbocycles. The number of aryl methyl sites for hydroxylation is 1. The fourth-order valence-corrected chi connectivity index (χ4v) is 3.55. The molecule has 1 aromatic heterocycles. The molecule has 0 radical (unpaired) electrons. The van der Waals surface area contributed by atoms with Gasteiger partial charge in [0.15, 0.2) is 0 Å². The number of fused-ring (bicyclic) bond motifs is 1. The third-order valence-corrected chi connectivity index (χ3v) is 4.56. The predicted molar refractivity (Wildman–Crippen MR) is 70.1 cm³/mol. The van der Waals surface area contributed by atoms with E-state index in [4.69, 9.17) is 0 Å². The fourth-order valence-electron chi connectivity index (χ4n) is 3.55. The number of hydrogen-bond acceptors (Lipinski definition) is 2. The molecule has 2 unspecified atom stereocenters. The van der Waals surface area contributed by atoms with Crippen molar-refractivity contribution in [2.45, 2.75) is 63.8 Å². The first-order valence-electron chi connectivity index (χ1n) is 7.34. The van der Waals surface area contributed by atoms with E-state index in [9.17, 15) is 5.26 Å². The Morgan fingerprint density at radius 3 is 2.83 bits per heavy atom. The van der Waals surface area contributed by atoms with Crippen molar-refractivity contribution >= 4 is 0 Å². The molecule has 1 saturated carbocycles. The van der Waals surface area contributed by atoms with Gasteiger partial charge >= 0.3 is 0 Å². The van der Waals surface area contributed by atoms with Crippen molar-refractivity contribution < 1.29 is 0 Å². The lowest BCUT2D eigenvalue weighted by Crippen LogP contribution is -2.20. The van der Waals surface area contributed by atoms with Crippen LogP contribution >= 0.6 is 0 Å². The average Bonchev–Trinajstić information content (AvgIpc) is 2.69. The summed E-state index contributed by atoms with van der Waals surface area (Å²) in [5.74, 6) is 0.188. The van der Waals surface area contributed by atoms with Crippen LogP contribution in [0.5, 0.6) is 0 Å². The Labute approximate surface area is 109 Å². The van der Waals surface area contributed by atoms with Crippen LogP contribution in [-0.2, 0) is 12.8 Å². The van der Waals surface area contributed by atoms with E-state index in [0.29, 0.717) is 6.04 Å². The summed E-state index contributed by atoms with van der Waals surface area (Å²) in [6.45, 7) is 0. The van der Waals surface area contributed by atoms with Gasteiger partial charge in [-0.3, -0.25) is 0 Å². The van der Waals surface area contributed by atoms with Gasteiger partial charge in [-0.2, -0.15) is 5.26 Å². The van der Waals surface area contributed by atoms with E-state index in [2.05, 4.69) is 15.6 Å². The molecule has 18 heavy (non-hydrogen) atoms. The Morgan fingerprint density at radius 2 is 1.94 bits per heavy atom. The molecule has 0 spiro atoms. The fraction of sp³-hybridized carbons (Fsp3) is 0.733. The van der Waals surface area contributed by atoms with Crippen molar-refractivity contribution in [1.29, 1.82) is 5.26 Å². The zero-order chi connectivity index (χ0) is 12.4. The summed E-state index contributed by atoms with van der Waals surface area (Å²) in [5.41, 5.74) is 2.72. The lowest BCUT2D eigenvalue weighted by Gasteiger charge is -2.24. The summed E-state index contributed by atoms with van der Waals surface area (Å²) in [6, 6.07) is 2.92. The highest BCUT2D eigenvalue weighted by molar-refractivity contribution is 5.18. The Kier molecular flexibility index (Phi) is 3.36. The lowest BCUT2D eigenvalue weighted by molar-refractivity contribution is 0.361. The number of nitrogens with zero attached hydrogens (tertiary/aromatic N) is 3. The Hall–Kier alpha value is -1.30. The maximum Gasteiger partial charge on any atom is 0.0954 e. The van der Waals surface area contributed by atoms with Crippen LogP contribution < -0.4 is 0 Å². The summed E-state index contributed by atoms with van der Waals surface area (Å²) in [4.78, 5) is 4.58. The van der Waals surface area contributed by atoms with Gasteiger partial charge in [-0.25, -0.2) is 4.98 Å². The minimum atomic E-state index is 0.188. The quantitative estimate of drug-likeness (QED) is 0.709. The molecule has 3 rings (SSSR count). The summed E-state index contributed by atoms with van der Waals surface area (Å²) in [7, 11) is 0. The van der Waals surface area contributed by atoms with Crippen molar-refractivity contribution in [1.82, 2.24) is 9.55 Å². The zero-order valence-electron chi connectivity index (χ0n) is 10.9. The molecule has 3 heteroatoms. The van der Waals surface area contributed by atoms with Crippen LogP contribution in [0.15, 0.2) is 6.33 Å². The number of rotatable bonds is 1. The van der Waals surface area contributed by atoms with Crippen LogP contribution in [0.1, 0.15) is 62.4 Å². The number of imidazole rings is 1. The van der Waals surface area contributed by atoms with E-state index in [0.717, 1.165) is 25.7 Å². The molecule has 2 aliphatic rings. The highest BCUT2D eigenvalue weighted by Gasteiger charge is 2.28.